The smallest absolute Gasteiger partial charge is 0.293 e. The van der Waals surface area contributed by atoms with E-state index in [0.717, 1.165) is 22.4 Å². The van der Waals surface area contributed by atoms with Crippen molar-refractivity contribution in [1.82, 2.24) is 29.5 Å². The number of nitrogens with zero attached hydrogens (tertiary/aromatic N) is 6. The highest BCUT2D eigenvalue weighted by molar-refractivity contribution is 5.66. The molecule has 0 amide bonds. The van der Waals surface area contributed by atoms with Gasteiger partial charge in [0, 0.05) is 11.1 Å². The predicted octanol–water partition coefficient (Wildman–Crippen LogP) is 3.36. The molecule has 3 heterocycles. The maximum atomic E-state index is 13.0. The third-order valence-corrected chi connectivity index (χ3v) is 4.98. The van der Waals surface area contributed by atoms with E-state index in [-0.39, 0.29) is 12.1 Å². The predicted molar refractivity (Wildman–Crippen MR) is 117 cm³/mol. The molecule has 0 atom stereocenters. The quantitative estimate of drug-likeness (QED) is 0.409. The van der Waals surface area contributed by atoms with Gasteiger partial charge in [0.25, 0.3) is 5.56 Å². The topological polar surface area (TPSA) is 100 Å². The second-order valence-corrected chi connectivity index (χ2v) is 7.29. The highest BCUT2D eigenvalue weighted by atomic mass is 16.5. The summed E-state index contributed by atoms with van der Waals surface area (Å²) < 4.78 is 13.6. The Hall–Kier alpha value is -4.27. The Morgan fingerprint density at radius 1 is 1.06 bits per heavy atom. The Balaban J connectivity index is 1.42. The Morgan fingerprint density at radius 3 is 2.69 bits per heavy atom. The van der Waals surface area contributed by atoms with Crippen LogP contribution >= 0.6 is 0 Å². The molecular weight excluding hydrogens is 408 g/mol. The van der Waals surface area contributed by atoms with Crippen LogP contribution < -0.4 is 10.3 Å². The van der Waals surface area contributed by atoms with Crippen LogP contribution in [0.3, 0.4) is 0 Å². The van der Waals surface area contributed by atoms with Crippen molar-refractivity contribution in [1.29, 1.82) is 0 Å². The van der Waals surface area contributed by atoms with Crippen LogP contribution in [0.1, 0.15) is 18.4 Å². The minimum atomic E-state index is -0.299. The van der Waals surface area contributed by atoms with Crippen LogP contribution in [-0.4, -0.2) is 36.1 Å². The largest absolute Gasteiger partial charge is 0.494 e. The monoisotopic (exact) mass is 428 g/mol. The van der Waals surface area contributed by atoms with Gasteiger partial charge in [-0.3, -0.25) is 4.79 Å². The van der Waals surface area contributed by atoms with Crippen molar-refractivity contribution in [3.63, 3.8) is 0 Å². The lowest BCUT2D eigenvalue weighted by Gasteiger charge is -2.02. The minimum absolute atomic E-state index is 0.0672. The van der Waals surface area contributed by atoms with Crippen LogP contribution in [0.25, 0.3) is 28.2 Å². The van der Waals surface area contributed by atoms with E-state index in [0.29, 0.717) is 29.5 Å². The second-order valence-electron chi connectivity index (χ2n) is 7.29. The summed E-state index contributed by atoms with van der Waals surface area (Å²) in [5.41, 5.74) is 3.61. The SMILES string of the molecule is CCOc1ccc(-c2cc3c(=O)n(Cc4nc(-c5cccc(C)c5)no4)ncn3n2)cc1. The van der Waals surface area contributed by atoms with Gasteiger partial charge in [-0.05, 0) is 50.2 Å². The zero-order valence-electron chi connectivity index (χ0n) is 17.6. The molecule has 0 unspecified atom stereocenters. The summed E-state index contributed by atoms with van der Waals surface area (Å²) in [5.74, 6) is 1.56. The van der Waals surface area contributed by atoms with Gasteiger partial charge in [0.15, 0.2) is 0 Å². The van der Waals surface area contributed by atoms with E-state index >= 15 is 0 Å². The molecule has 0 aliphatic heterocycles. The van der Waals surface area contributed by atoms with Crippen LogP contribution in [0, 0.1) is 6.92 Å². The maximum Gasteiger partial charge on any atom is 0.293 e. The number of rotatable bonds is 6. The van der Waals surface area contributed by atoms with Gasteiger partial charge in [0.1, 0.15) is 24.1 Å². The van der Waals surface area contributed by atoms with Crippen molar-refractivity contribution >= 4 is 5.52 Å². The highest BCUT2D eigenvalue weighted by Crippen LogP contribution is 2.22. The van der Waals surface area contributed by atoms with Crippen molar-refractivity contribution in [2.24, 2.45) is 0 Å². The summed E-state index contributed by atoms with van der Waals surface area (Å²) in [6, 6.07) is 17.1. The van der Waals surface area contributed by atoms with E-state index in [1.165, 1.54) is 15.5 Å². The number of aromatic nitrogens is 6. The zero-order valence-corrected chi connectivity index (χ0v) is 17.6. The Morgan fingerprint density at radius 2 is 1.91 bits per heavy atom. The summed E-state index contributed by atoms with van der Waals surface area (Å²) in [6.07, 6.45) is 1.49. The van der Waals surface area contributed by atoms with Gasteiger partial charge >= 0.3 is 0 Å². The molecule has 0 spiro atoms. The fraction of sp³-hybridized carbons (Fsp3) is 0.174. The molecule has 0 aliphatic rings. The fourth-order valence-corrected chi connectivity index (χ4v) is 3.43. The van der Waals surface area contributed by atoms with Gasteiger partial charge < -0.3 is 9.26 Å². The zero-order chi connectivity index (χ0) is 22.1. The minimum Gasteiger partial charge on any atom is -0.494 e. The normalized spacial score (nSPS) is 11.2. The van der Waals surface area contributed by atoms with Crippen LogP contribution in [0.2, 0.25) is 0 Å². The summed E-state index contributed by atoms with van der Waals surface area (Å²) in [7, 11) is 0. The van der Waals surface area contributed by atoms with Gasteiger partial charge in [0.2, 0.25) is 11.7 Å². The van der Waals surface area contributed by atoms with Crippen molar-refractivity contribution in [2.45, 2.75) is 20.4 Å². The molecule has 160 valence electrons. The van der Waals surface area contributed by atoms with Crippen LogP contribution in [0.5, 0.6) is 5.75 Å². The lowest BCUT2D eigenvalue weighted by molar-refractivity contribution is 0.340. The van der Waals surface area contributed by atoms with Crippen molar-refractivity contribution in [3.05, 3.63) is 82.7 Å². The standard InChI is InChI=1S/C23H20N6O3/c1-3-31-18-9-7-16(8-10-18)19-12-20-23(30)28(24-14-29(20)26-19)13-21-25-22(27-32-21)17-6-4-5-15(2)11-17/h4-12,14H,3,13H2,1-2H3. The Labute approximate surface area is 182 Å². The third kappa shape index (κ3) is 3.76. The molecule has 2 aromatic carbocycles. The average Bonchev–Trinajstić information content (AvgIpc) is 3.44. The molecule has 3 aromatic heterocycles. The molecule has 9 nitrogen and oxygen atoms in total. The van der Waals surface area contributed by atoms with E-state index in [4.69, 9.17) is 9.26 Å². The molecule has 0 aliphatic carbocycles. The van der Waals surface area contributed by atoms with E-state index in [9.17, 15) is 4.79 Å². The molecule has 0 bridgehead atoms. The number of aryl methyl sites for hydroxylation is 1. The van der Waals surface area contributed by atoms with Gasteiger partial charge in [-0.2, -0.15) is 15.2 Å². The summed E-state index contributed by atoms with van der Waals surface area (Å²) in [6.45, 7) is 4.60. The maximum absolute atomic E-state index is 13.0. The summed E-state index contributed by atoms with van der Waals surface area (Å²) in [5, 5.41) is 12.7. The molecular formula is C23H20N6O3. The number of benzene rings is 2. The lowest BCUT2D eigenvalue weighted by atomic mass is 10.1. The molecule has 32 heavy (non-hydrogen) atoms. The molecule has 5 rings (SSSR count). The lowest BCUT2D eigenvalue weighted by Crippen LogP contribution is -2.25. The third-order valence-electron chi connectivity index (χ3n) is 4.98. The number of ether oxygens (including phenoxy) is 1. The summed E-state index contributed by atoms with van der Waals surface area (Å²) in [4.78, 5) is 17.4. The van der Waals surface area contributed by atoms with Gasteiger partial charge in [-0.15, -0.1) is 0 Å². The highest BCUT2D eigenvalue weighted by Gasteiger charge is 2.14. The first-order valence-electron chi connectivity index (χ1n) is 10.2. The average molecular weight is 428 g/mol. The Bertz CT molecular complexity index is 1450. The first-order chi connectivity index (χ1) is 15.6. The van der Waals surface area contributed by atoms with Crippen molar-refractivity contribution in [3.8, 4) is 28.4 Å². The molecule has 0 saturated carbocycles. The molecule has 0 N–H and O–H groups in total. The second kappa shape index (κ2) is 8.10. The van der Waals surface area contributed by atoms with Crippen molar-refractivity contribution < 1.29 is 9.26 Å². The number of hydrogen-bond acceptors (Lipinski definition) is 7. The summed E-state index contributed by atoms with van der Waals surface area (Å²) >= 11 is 0. The fourth-order valence-electron chi connectivity index (χ4n) is 3.43. The van der Waals surface area contributed by atoms with Gasteiger partial charge in [0.05, 0.1) is 12.3 Å². The van der Waals surface area contributed by atoms with E-state index in [2.05, 4.69) is 20.3 Å². The first-order valence-corrected chi connectivity index (χ1v) is 10.2. The van der Waals surface area contributed by atoms with Crippen LogP contribution in [0.4, 0.5) is 0 Å². The Kier molecular flexibility index (Phi) is 4.98. The van der Waals surface area contributed by atoms with E-state index in [1.807, 2.05) is 62.4 Å². The molecule has 5 aromatic rings. The van der Waals surface area contributed by atoms with E-state index < -0.39 is 0 Å². The molecule has 0 saturated heterocycles. The van der Waals surface area contributed by atoms with Crippen molar-refractivity contribution in [2.75, 3.05) is 6.61 Å². The van der Waals surface area contributed by atoms with Gasteiger partial charge in [-0.1, -0.05) is 28.9 Å². The van der Waals surface area contributed by atoms with Crippen LogP contribution in [-0.2, 0) is 6.54 Å². The molecule has 0 fully saturated rings. The molecule has 0 radical (unpaired) electrons. The van der Waals surface area contributed by atoms with Crippen LogP contribution in [0.15, 0.2) is 70.2 Å². The number of hydrogen-bond donors (Lipinski definition) is 0. The first kappa shape index (κ1) is 19.7. The van der Waals surface area contributed by atoms with Gasteiger partial charge in [-0.25, -0.2) is 9.20 Å². The number of fused-ring (bicyclic) bond motifs is 1. The molecule has 9 heteroatoms. The van der Waals surface area contributed by atoms with E-state index in [1.54, 1.807) is 6.07 Å².